The molecule has 1 aliphatic rings. The van der Waals surface area contributed by atoms with Gasteiger partial charge in [-0.2, -0.15) is 0 Å². The van der Waals surface area contributed by atoms with Crippen LogP contribution in [0.3, 0.4) is 0 Å². The van der Waals surface area contributed by atoms with Gasteiger partial charge in [-0.25, -0.2) is 9.97 Å². The highest BCUT2D eigenvalue weighted by Crippen LogP contribution is 2.33. The number of rotatable bonds is 3. The van der Waals surface area contributed by atoms with Crippen LogP contribution in [0.2, 0.25) is 0 Å². The molecule has 1 amide bonds. The van der Waals surface area contributed by atoms with E-state index in [1.165, 1.54) is 0 Å². The summed E-state index contributed by atoms with van der Waals surface area (Å²) in [7, 11) is 0. The molecule has 5 rings (SSSR count). The van der Waals surface area contributed by atoms with Gasteiger partial charge in [0.1, 0.15) is 11.3 Å². The Kier molecular flexibility index (Phi) is 4.35. The van der Waals surface area contributed by atoms with Crippen molar-refractivity contribution in [2.45, 2.75) is 25.8 Å². The van der Waals surface area contributed by atoms with Gasteiger partial charge in [0.05, 0.1) is 11.7 Å². The van der Waals surface area contributed by atoms with Gasteiger partial charge in [0.15, 0.2) is 5.82 Å². The molecule has 5 heteroatoms. The molecule has 1 aliphatic heterocycles. The summed E-state index contributed by atoms with van der Waals surface area (Å²) in [6, 6.07) is 19.4. The van der Waals surface area contributed by atoms with Crippen LogP contribution in [0.15, 0.2) is 71.3 Å². The quantitative estimate of drug-likeness (QED) is 0.489. The maximum Gasteiger partial charge on any atom is 0.254 e. The molecule has 0 unspecified atom stereocenters. The van der Waals surface area contributed by atoms with E-state index in [1.807, 2.05) is 72.5 Å². The molecule has 0 N–H and O–H groups in total. The molecule has 4 aromatic rings. The van der Waals surface area contributed by atoms with Crippen molar-refractivity contribution in [2.24, 2.45) is 0 Å². The minimum Gasteiger partial charge on any atom is -0.461 e. The van der Waals surface area contributed by atoms with Crippen LogP contribution in [0.25, 0.3) is 22.4 Å². The third kappa shape index (κ3) is 3.29. The number of likely N-dealkylation sites (tertiary alicyclic amines) is 1. The molecule has 5 nitrogen and oxygen atoms in total. The van der Waals surface area contributed by atoms with Gasteiger partial charge >= 0.3 is 0 Å². The molecule has 1 fully saturated rings. The number of carbonyl (C=O) groups excluding carboxylic acids is 1. The predicted molar refractivity (Wildman–Crippen MR) is 111 cm³/mol. The highest BCUT2D eigenvalue weighted by molar-refractivity contribution is 5.98. The summed E-state index contributed by atoms with van der Waals surface area (Å²) < 4.78 is 5.63. The van der Waals surface area contributed by atoms with Crippen molar-refractivity contribution in [3.63, 3.8) is 0 Å². The number of benzene rings is 2. The lowest BCUT2D eigenvalue weighted by molar-refractivity contribution is 0.0733. The Bertz CT molecular complexity index is 1180. The highest BCUT2D eigenvalue weighted by Gasteiger charge is 2.32. The topological polar surface area (TPSA) is 59.2 Å². The molecule has 144 valence electrons. The summed E-state index contributed by atoms with van der Waals surface area (Å²) in [5.41, 5.74) is 3.36. The molecule has 1 saturated heterocycles. The zero-order valence-electron chi connectivity index (χ0n) is 16.2. The van der Waals surface area contributed by atoms with E-state index >= 15 is 0 Å². The van der Waals surface area contributed by atoms with E-state index in [0.29, 0.717) is 11.4 Å². The zero-order valence-corrected chi connectivity index (χ0v) is 16.2. The summed E-state index contributed by atoms with van der Waals surface area (Å²) in [6.45, 7) is 2.65. The van der Waals surface area contributed by atoms with Crippen LogP contribution >= 0.6 is 0 Å². The van der Waals surface area contributed by atoms with Gasteiger partial charge < -0.3 is 9.32 Å². The molecule has 0 bridgehead atoms. The SMILES string of the molecule is Cc1cc2cc(C(=O)N3CCC[C@@H]3c3ccnc(-c4ccccc4)n3)ccc2o1. The third-order valence-corrected chi connectivity index (χ3v) is 5.45. The standard InChI is InChI=1S/C24H21N3O2/c1-16-14-19-15-18(9-10-22(19)29-16)24(28)27-13-5-8-21(27)20-11-12-25-23(26-20)17-6-3-2-4-7-17/h2-4,6-7,9-12,14-15,21H,5,8,13H2,1H3/t21-/m1/s1. The van der Waals surface area contributed by atoms with Crippen molar-refractivity contribution >= 4 is 16.9 Å². The average molecular weight is 383 g/mol. The van der Waals surface area contributed by atoms with E-state index in [2.05, 4.69) is 4.98 Å². The van der Waals surface area contributed by atoms with E-state index in [4.69, 9.17) is 9.40 Å². The van der Waals surface area contributed by atoms with Crippen molar-refractivity contribution in [1.29, 1.82) is 0 Å². The first-order valence-corrected chi connectivity index (χ1v) is 9.88. The smallest absolute Gasteiger partial charge is 0.254 e. The third-order valence-electron chi connectivity index (χ3n) is 5.45. The number of hydrogen-bond donors (Lipinski definition) is 0. The molecule has 2 aromatic heterocycles. The van der Waals surface area contributed by atoms with Crippen molar-refractivity contribution in [3.8, 4) is 11.4 Å². The number of aryl methyl sites for hydroxylation is 1. The Morgan fingerprint density at radius 3 is 2.83 bits per heavy atom. The number of carbonyl (C=O) groups is 1. The Balaban J connectivity index is 1.46. The molecule has 0 aliphatic carbocycles. The van der Waals surface area contributed by atoms with Gasteiger partial charge in [0.2, 0.25) is 0 Å². The monoisotopic (exact) mass is 383 g/mol. The molecule has 0 saturated carbocycles. The van der Waals surface area contributed by atoms with E-state index < -0.39 is 0 Å². The molecule has 0 radical (unpaired) electrons. The van der Waals surface area contributed by atoms with Gasteiger partial charge in [0.25, 0.3) is 5.91 Å². The van der Waals surface area contributed by atoms with E-state index in [0.717, 1.165) is 47.4 Å². The average Bonchev–Trinajstić information content (AvgIpc) is 3.39. The van der Waals surface area contributed by atoms with Gasteiger partial charge in [0, 0.05) is 29.3 Å². The molecule has 29 heavy (non-hydrogen) atoms. The maximum atomic E-state index is 13.3. The summed E-state index contributed by atoms with van der Waals surface area (Å²) in [5, 5.41) is 0.956. The first kappa shape index (κ1) is 17.6. The number of fused-ring (bicyclic) bond motifs is 1. The Hall–Kier alpha value is -3.47. The lowest BCUT2D eigenvalue weighted by atomic mass is 10.1. The highest BCUT2D eigenvalue weighted by atomic mass is 16.3. The zero-order chi connectivity index (χ0) is 19.8. The summed E-state index contributed by atoms with van der Waals surface area (Å²) in [4.78, 5) is 24.4. The molecule has 2 aromatic carbocycles. The fourth-order valence-electron chi connectivity index (χ4n) is 4.08. The Morgan fingerprint density at radius 2 is 1.97 bits per heavy atom. The summed E-state index contributed by atoms with van der Waals surface area (Å²) in [5.74, 6) is 1.57. The molecular weight excluding hydrogens is 362 g/mol. The Morgan fingerprint density at radius 1 is 1.10 bits per heavy atom. The predicted octanol–water partition coefficient (Wildman–Crippen LogP) is 5.18. The fourth-order valence-corrected chi connectivity index (χ4v) is 4.08. The van der Waals surface area contributed by atoms with Crippen LogP contribution in [0.1, 0.15) is 40.7 Å². The van der Waals surface area contributed by atoms with Crippen LogP contribution in [0.4, 0.5) is 0 Å². The second kappa shape index (κ2) is 7.17. The van der Waals surface area contributed by atoms with E-state index in [-0.39, 0.29) is 11.9 Å². The van der Waals surface area contributed by atoms with Crippen LogP contribution in [0.5, 0.6) is 0 Å². The largest absolute Gasteiger partial charge is 0.461 e. The molecule has 3 heterocycles. The van der Waals surface area contributed by atoms with Gasteiger partial charge in [-0.1, -0.05) is 30.3 Å². The number of hydrogen-bond acceptors (Lipinski definition) is 4. The minimum atomic E-state index is -0.0326. The van der Waals surface area contributed by atoms with Crippen LogP contribution in [-0.4, -0.2) is 27.3 Å². The van der Waals surface area contributed by atoms with Crippen molar-refractivity contribution < 1.29 is 9.21 Å². The van der Waals surface area contributed by atoms with Crippen molar-refractivity contribution in [2.75, 3.05) is 6.54 Å². The van der Waals surface area contributed by atoms with E-state index in [1.54, 1.807) is 6.20 Å². The Labute approximate surface area is 169 Å². The summed E-state index contributed by atoms with van der Waals surface area (Å²) in [6.07, 6.45) is 3.66. The van der Waals surface area contributed by atoms with Crippen LogP contribution in [0, 0.1) is 6.92 Å². The van der Waals surface area contributed by atoms with Crippen LogP contribution < -0.4 is 0 Å². The van der Waals surface area contributed by atoms with Gasteiger partial charge in [-0.05, 0) is 50.1 Å². The van der Waals surface area contributed by atoms with Crippen molar-refractivity contribution in [1.82, 2.24) is 14.9 Å². The fraction of sp³-hybridized carbons (Fsp3) is 0.208. The van der Waals surface area contributed by atoms with Gasteiger partial charge in [-0.3, -0.25) is 4.79 Å². The molecule has 1 atom stereocenters. The second-order valence-corrected chi connectivity index (χ2v) is 7.44. The number of furan rings is 1. The number of amides is 1. The second-order valence-electron chi connectivity index (χ2n) is 7.44. The lowest BCUT2D eigenvalue weighted by Crippen LogP contribution is -2.31. The van der Waals surface area contributed by atoms with Crippen LogP contribution in [-0.2, 0) is 0 Å². The number of aromatic nitrogens is 2. The number of nitrogens with zero attached hydrogens (tertiary/aromatic N) is 3. The molecule has 0 spiro atoms. The first-order chi connectivity index (χ1) is 14.2. The first-order valence-electron chi connectivity index (χ1n) is 9.88. The molecular formula is C24H21N3O2. The lowest BCUT2D eigenvalue weighted by Gasteiger charge is -2.24. The van der Waals surface area contributed by atoms with Crippen molar-refractivity contribution in [3.05, 3.63) is 83.9 Å². The normalized spacial score (nSPS) is 16.4. The van der Waals surface area contributed by atoms with Gasteiger partial charge in [-0.15, -0.1) is 0 Å². The van der Waals surface area contributed by atoms with E-state index in [9.17, 15) is 4.79 Å². The summed E-state index contributed by atoms with van der Waals surface area (Å²) >= 11 is 0. The minimum absolute atomic E-state index is 0.0326. The maximum absolute atomic E-state index is 13.3.